The number of rotatable bonds is 7. The Labute approximate surface area is 130 Å². The first-order chi connectivity index (χ1) is 10.1. The highest BCUT2D eigenvalue weighted by molar-refractivity contribution is 5.40. The van der Waals surface area contributed by atoms with Gasteiger partial charge in [-0.3, -0.25) is 4.90 Å². The molecule has 1 aromatic rings. The van der Waals surface area contributed by atoms with Gasteiger partial charge in [0.1, 0.15) is 0 Å². The van der Waals surface area contributed by atoms with Crippen molar-refractivity contribution in [1.82, 2.24) is 9.80 Å². The summed E-state index contributed by atoms with van der Waals surface area (Å²) in [4.78, 5) is 5.13. The summed E-state index contributed by atoms with van der Waals surface area (Å²) in [6.45, 7) is 9.45. The first-order valence-corrected chi connectivity index (χ1v) is 8.38. The van der Waals surface area contributed by atoms with Crippen molar-refractivity contribution in [3.05, 3.63) is 29.8 Å². The molecule has 1 aromatic carbocycles. The Bertz CT molecular complexity index is 415. The van der Waals surface area contributed by atoms with Gasteiger partial charge in [-0.2, -0.15) is 0 Å². The summed E-state index contributed by atoms with van der Waals surface area (Å²) in [5, 5.41) is 0. The number of anilines is 1. The van der Waals surface area contributed by atoms with Crippen molar-refractivity contribution in [3.8, 4) is 0 Å². The number of likely N-dealkylation sites (N-methyl/N-ethyl adjacent to an activating group) is 2. The molecule has 118 valence electrons. The maximum Gasteiger partial charge on any atom is 0.0314 e. The third-order valence-electron chi connectivity index (χ3n) is 4.88. The zero-order valence-electron chi connectivity index (χ0n) is 13.9. The number of nitrogens with two attached hydrogens (primary N) is 1. The molecule has 0 radical (unpaired) electrons. The van der Waals surface area contributed by atoms with Crippen molar-refractivity contribution < 1.29 is 0 Å². The second-order valence-corrected chi connectivity index (χ2v) is 6.54. The minimum absolute atomic E-state index is 0.596. The smallest absolute Gasteiger partial charge is 0.0314 e. The van der Waals surface area contributed by atoms with Gasteiger partial charge in [0.2, 0.25) is 0 Å². The van der Waals surface area contributed by atoms with E-state index in [9.17, 15) is 0 Å². The van der Waals surface area contributed by atoms with Crippen LogP contribution in [-0.4, -0.2) is 49.1 Å². The van der Waals surface area contributed by atoms with Crippen molar-refractivity contribution in [3.63, 3.8) is 0 Å². The molecular weight excluding hydrogens is 258 g/mol. The third-order valence-corrected chi connectivity index (χ3v) is 4.88. The fourth-order valence-electron chi connectivity index (χ4n) is 3.37. The lowest BCUT2D eigenvalue weighted by atomic mass is 9.97. The van der Waals surface area contributed by atoms with E-state index in [-0.39, 0.29) is 0 Å². The quantitative estimate of drug-likeness (QED) is 0.783. The lowest BCUT2D eigenvalue weighted by Crippen LogP contribution is -2.39. The molecule has 1 aliphatic rings. The van der Waals surface area contributed by atoms with E-state index in [1.165, 1.54) is 51.0 Å². The Morgan fingerprint density at radius 3 is 2.71 bits per heavy atom. The van der Waals surface area contributed by atoms with Crippen LogP contribution in [0.3, 0.4) is 0 Å². The van der Waals surface area contributed by atoms with Crippen LogP contribution >= 0.6 is 0 Å². The van der Waals surface area contributed by atoms with E-state index in [0.717, 1.165) is 11.7 Å². The molecule has 1 fully saturated rings. The first-order valence-electron chi connectivity index (χ1n) is 8.38. The molecule has 0 spiro atoms. The SMILES string of the molecule is CCN1CCCC1CN(C)CCC(C)c1ccc(N)cc1. The molecule has 0 saturated carbocycles. The van der Waals surface area contributed by atoms with Crippen LogP contribution in [0.25, 0.3) is 0 Å². The topological polar surface area (TPSA) is 32.5 Å². The average molecular weight is 289 g/mol. The van der Waals surface area contributed by atoms with Gasteiger partial charge in [-0.15, -0.1) is 0 Å². The largest absolute Gasteiger partial charge is 0.399 e. The summed E-state index contributed by atoms with van der Waals surface area (Å²) in [6, 6.07) is 9.11. The summed E-state index contributed by atoms with van der Waals surface area (Å²) in [5.41, 5.74) is 8.00. The predicted molar refractivity (Wildman–Crippen MR) is 91.7 cm³/mol. The zero-order valence-corrected chi connectivity index (χ0v) is 13.9. The van der Waals surface area contributed by atoms with Gasteiger partial charge in [0.05, 0.1) is 0 Å². The molecule has 3 heteroatoms. The second-order valence-electron chi connectivity index (χ2n) is 6.54. The zero-order chi connectivity index (χ0) is 15.2. The highest BCUT2D eigenvalue weighted by Gasteiger charge is 2.23. The Morgan fingerprint density at radius 1 is 1.33 bits per heavy atom. The third kappa shape index (κ3) is 4.72. The van der Waals surface area contributed by atoms with Gasteiger partial charge in [0.25, 0.3) is 0 Å². The molecule has 2 rings (SSSR count). The summed E-state index contributed by atoms with van der Waals surface area (Å²) in [5.74, 6) is 0.596. The van der Waals surface area contributed by atoms with Crippen LogP contribution in [-0.2, 0) is 0 Å². The van der Waals surface area contributed by atoms with Crippen LogP contribution < -0.4 is 5.73 Å². The van der Waals surface area contributed by atoms with Crippen molar-refractivity contribution in [2.45, 2.75) is 45.1 Å². The molecule has 0 bridgehead atoms. The Morgan fingerprint density at radius 2 is 2.05 bits per heavy atom. The standard InChI is InChI=1S/C18H31N3/c1-4-21-12-5-6-18(21)14-20(3)13-11-15(2)16-7-9-17(19)10-8-16/h7-10,15,18H,4-6,11-14,19H2,1-3H3. The molecule has 0 aromatic heterocycles. The van der Waals surface area contributed by atoms with Crippen LogP contribution in [0.5, 0.6) is 0 Å². The van der Waals surface area contributed by atoms with E-state index in [1.54, 1.807) is 0 Å². The number of hydrogen-bond donors (Lipinski definition) is 1. The minimum atomic E-state index is 0.596. The second kappa shape index (κ2) is 7.81. The normalized spacial score (nSPS) is 21.0. The van der Waals surface area contributed by atoms with E-state index < -0.39 is 0 Å². The van der Waals surface area contributed by atoms with E-state index in [1.807, 2.05) is 12.1 Å². The summed E-state index contributed by atoms with van der Waals surface area (Å²) in [6.07, 6.45) is 3.94. The molecular formula is C18H31N3. The molecule has 0 amide bonds. The molecule has 3 nitrogen and oxygen atoms in total. The van der Waals surface area contributed by atoms with Gasteiger partial charge in [0, 0.05) is 18.3 Å². The molecule has 1 aliphatic heterocycles. The Kier molecular flexibility index (Phi) is 6.07. The molecule has 2 N–H and O–H groups in total. The fraction of sp³-hybridized carbons (Fsp3) is 0.667. The van der Waals surface area contributed by atoms with Gasteiger partial charge in [-0.1, -0.05) is 26.0 Å². The average Bonchev–Trinajstić information content (AvgIpc) is 2.92. The minimum Gasteiger partial charge on any atom is -0.399 e. The Balaban J connectivity index is 1.75. The monoisotopic (exact) mass is 289 g/mol. The number of nitrogens with zero attached hydrogens (tertiary/aromatic N) is 2. The lowest BCUT2D eigenvalue weighted by molar-refractivity contribution is 0.196. The number of nitrogen functional groups attached to an aromatic ring is 1. The summed E-state index contributed by atoms with van der Waals surface area (Å²) >= 11 is 0. The summed E-state index contributed by atoms with van der Waals surface area (Å²) in [7, 11) is 2.27. The highest BCUT2D eigenvalue weighted by Crippen LogP contribution is 2.21. The lowest BCUT2D eigenvalue weighted by Gasteiger charge is -2.28. The van der Waals surface area contributed by atoms with E-state index >= 15 is 0 Å². The van der Waals surface area contributed by atoms with E-state index in [0.29, 0.717) is 5.92 Å². The van der Waals surface area contributed by atoms with Crippen molar-refractivity contribution in [2.24, 2.45) is 0 Å². The van der Waals surface area contributed by atoms with E-state index in [4.69, 9.17) is 5.73 Å². The maximum absolute atomic E-state index is 5.75. The number of hydrogen-bond acceptors (Lipinski definition) is 3. The first kappa shape index (κ1) is 16.3. The molecule has 2 atom stereocenters. The maximum atomic E-state index is 5.75. The number of benzene rings is 1. The molecule has 1 heterocycles. The summed E-state index contributed by atoms with van der Waals surface area (Å²) < 4.78 is 0. The van der Waals surface area contributed by atoms with E-state index in [2.05, 4.69) is 42.8 Å². The van der Waals surface area contributed by atoms with Gasteiger partial charge in [0.15, 0.2) is 0 Å². The van der Waals surface area contributed by atoms with Crippen LogP contribution in [0.4, 0.5) is 5.69 Å². The van der Waals surface area contributed by atoms with Gasteiger partial charge >= 0.3 is 0 Å². The van der Waals surface area contributed by atoms with Crippen LogP contribution in [0.15, 0.2) is 24.3 Å². The van der Waals surface area contributed by atoms with Crippen LogP contribution in [0.2, 0.25) is 0 Å². The predicted octanol–water partition coefficient (Wildman–Crippen LogP) is 3.18. The molecule has 21 heavy (non-hydrogen) atoms. The molecule has 2 unspecified atom stereocenters. The molecule has 0 aliphatic carbocycles. The van der Waals surface area contributed by atoms with Gasteiger partial charge in [-0.05, 0) is 69.6 Å². The van der Waals surface area contributed by atoms with Gasteiger partial charge in [-0.25, -0.2) is 0 Å². The fourth-order valence-corrected chi connectivity index (χ4v) is 3.37. The molecule has 1 saturated heterocycles. The number of likely N-dealkylation sites (tertiary alicyclic amines) is 1. The van der Waals surface area contributed by atoms with Crippen LogP contribution in [0, 0.1) is 0 Å². The van der Waals surface area contributed by atoms with Crippen LogP contribution in [0.1, 0.15) is 44.6 Å². The van der Waals surface area contributed by atoms with Crippen molar-refractivity contribution in [2.75, 3.05) is 39.0 Å². The van der Waals surface area contributed by atoms with Crippen molar-refractivity contribution in [1.29, 1.82) is 0 Å². The van der Waals surface area contributed by atoms with Crippen molar-refractivity contribution >= 4 is 5.69 Å². The Hall–Kier alpha value is -1.06. The van der Waals surface area contributed by atoms with Gasteiger partial charge < -0.3 is 10.6 Å². The highest BCUT2D eigenvalue weighted by atomic mass is 15.2.